The van der Waals surface area contributed by atoms with Gasteiger partial charge in [0.05, 0.1) is 19.3 Å². The minimum atomic E-state index is -0.0812. The van der Waals surface area contributed by atoms with Crippen molar-refractivity contribution in [2.24, 2.45) is 5.92 Å². The Morgan fingerprint density at radius 3 is 2.90 bits per heavy atom. The van der Waals surface area contributed by atoms with E-state index in [1.807, 2.05) is 6.92 Å². The van der Waals surface area contributed by atoms with Gasteiger partial charge in [-0.1, -0.05) is 11.8 Å². The van der Waals surface area contributed by atoms with E-state index in [9.17, 15) is 4.79 Å². The van der Waals surface area contributed by atoms with Crippen LogP contribution >= 0.6 is 0 Å². The van der Waals surface area contributed by atoms with E-state index >= 15 is 0 Å². The van der Waals surface area contributed by atoms with E-state index in [1.54, 1.807) is 25.3 Å². The molecule has 1 aromatic rings. The summed E-state index contributed by atoms with van der Waals surface area (Å²) in [5.41, 5.74) is 1.24. The van der Waals surface area contributed by atoms with Gasteiger partial charge in [-0.3, -0.25) is 4.79 Å². The van der Waals surface area contributed by atoms with Gasteiger partial charge in [0.1, 0.15) is 5.75 Å². The van der Waals surface area contributed by atoms with Crippen LogP contribution in [0.1, 0.15) is 42.1 Å². The normalized spacial score (nSPS) is 14.8. The Hall–Kier alpha value is -1.99. The van der Waals surface area contributed by atoms with E-state index in [4.69, 9.17) is 9.84 Å². The van der Waals surface area contributed by atoms with Gasteiger partial charge in [0.2, 0.25) is 0 Å². The highest BCUT2D eigenvalue weighted by molar-refractivity contribution is 5.95. The summed E-state index contributed by atoms with van der Waals surface area (Å²) in [5, 5.41) is 11.8. The van der Waals surface area contributed by atoms with Crippen molar-refractivity contribution in [2.45, 2.75) is 32.2 Å². The third-order valence-electron chi connectivity index (χ3n) is 3.61. The number of benzene rings is 1. The van der Waals surface area contributed by atoms with Crippen LogP contribution in [0.2, 0.25) is 0 Å². The van der Waals surface area contributed by atoms with Crippen molar-refractivity contribution in [3.63, 3.8) is 0 Å². The van der Waals surface area contributed by atoms with Crippen LogP contribution < -0.4 is 10.1 Å². The molecule has 4 heteroatoms. The molecule has 0 heterocycles. The zero-order chi connectivity index (χ0) is 15.2. The van der Waals surface area contributed by atoms with Crippen LogP contribution in [-0.4, -0.2) is 30.8 Å². The van der Waals surface area contributed by atoms with Gasteiger partial charge in [0.15, 0.2) is 0 Å². The first-order chi connectivity index (χ1) is 10.2. The number of nitrogens with one attached hydrogen (secondary N) is 1. The lowest BCUT2D eigenvalue weighted by molar-refractivity contribution is 0.0936. The van der Waals surface area contributed by atoms with Crippen LogP contribution in [0, 0.1) is 17.8 Å². The molecule has 1 aliphatic carbocycles. The topological polar surface area (TPSA) is 58.6 Å². The summed E-state index contributed by atoms with van der Waals surface area (Å²) in [6.07, 6.45) is 2.79. The molecule has 0 saturated heterocycles. The molecule has 2 N–H and O–H groups in total. The third-order valence-corrected chi connectivity index (χ3v) is 3.61. The summed E-state index contributed by atoms with van der Waals surface area (Å²) in [5.74, 6) is 6.96. The van der Waals surface area contributed by atoms with Gasteiger partial charge in [-0.05, 0) is 43.9 Å². The number of methoxy groups -OCH3 is 1. The Balaban J connectivity index is 2.14. The molecule has 0 radical (unpaired) electrons. The quantitative estimate of drug-likeness (QED) is 0.814. The molecule has 0 aliphatic heterocycles. The first kappa shape index (κ1) is 15.4. The van der Waals surface area contributed by atoms with Crippen molar-refractivity contribution >= 4 is 5.91 Å². The van der Waals surface area contributed by atoms with Crippen molar-refractivity contribution in [3.05, 3.63) is 29.3 Å². The summed E-state index contributed by atoms with van der Waals surface area (Å²) in [4.78, 5) is 12.2. The minimum absolute atomic E-state index is 0.0222. The van der Waals surface area contributed by atoms with Crippen molar-refractivity contribution in [2.75, 3.05) is 13.7 Å². The van der Waals surface area contributed by atoms with Gasteiger partial charge in [-0.15, -0.1) is 0 Å². The average molecular weight is 287 g/mol. The molecule has 21 heavy (non-hydrogen) atoms. The van der Waals surface area contributed by atoms with Gasteiger partial charge in [-0.25, -0.2) is 0 Å². The van der Waals surface area contributed by atoms with Crippen LogP contribution in [0.3, 0.4) is 0 Å². The summed E-state index contributed by atoms with van der Waals surface area (Å²) in [7, 11) is 1.57. The Bertz CT molecular complexity index is 567. The highest BCUT2D eigenvalue weighted by Crippen LogP contribution is 2.32. The third kappa shape index (κ3) is 4.24. The fourth-order valence-electron chi connectivity index (χ4n) is 2.16. The molecule has 1 fully saturated rings. The smallest absolute Gasteiger partial charge is 0.251 e. The van der Waals surface area contributed by atoms with Crippen LogP contribution in [0.5, 0.6) is 5.75 Å². The Kier molecular flexibility index (Phi) is 5.24. The molecule has 2 rings (SSSR count). The van der Waals surface area contributed by atoms with Gasteiger partial charge in [-0.2, -0.15) is 0 Å². The first-order valence-electron chi connectivity index (χ1n) is 7.24. The molecule has 0 aromatic heterocycles. The van der Waals surface area contributed by atoms with Gasteiger partial charge in [0.25, 0.3) is 5.91 Å². The van der Waals surface area contributed by atoms with Crippen LogP contribution in [0.25, 0.3) is 0 Å². The van der Waals surface area contributed by atoms with Gasteiger partial charge < -0.3 is 15.2 Å². The maximum atomic E-state index is 12.2. The number of ether oxygens (including phenoxy) is 1. The van der Waals surface area contributed by atoms with E-state index < -0.39 is 0 Å². The highest BCUT2D eigenvalue weighted by atomic mass is 16.5. The Labute approximate surface area is 125 Å². The van der Waals surface area contributed by atoms with Crippen molar-refractivity contribution in [1.29, 1.82) is 0 Å². The number of carbonyl (C=O) groups is 1. The van der Waals surface area contributed by atoms with E-state index in [1.165, 1.54) is 12.8 Å². The van der Waals surface area contributed by atoms with Crippen LogP contribution in [0.4, 0.5) is 0 Å². The Morgan fingerprint density at radius 1 is 1.52 bits per heavy atom. The highest BCUT2D eigenvalue weighted by Gasteiger charge is 2.29. The predicted molar refractivity (Wildman–Crippen MR) is 81.2 cm³/mol. The molecule has 1 aromatic carbocycles. The standard InChI is InChI=1S/C17H21NO3/c1-12(13-6-7-13)18-17(20)15-8-9-16(21-2)14(11-15)5-3-4-10-19/h8-9,11-13,19H,4,6-7,10H2,1-2H3,(H,18,20). The molecular formula is C17H21NO3. The lowest BCUT2D eigenvalue weighted by Gasteiger charge is -2.13. The monoisotopic (exact) mass is 287 g/mol. The SMILES string of the molecule is COc1ccc(C(=O)NC(C)C2CC2)cc1C#CCCO. The summed E-state index contributed by atoms with van der Waals surface area (Å²) in [6, 6.07) is 5.44. The number of carbonyl (C=O) groups excluding carboxylic acids is 1. The molecule has 1 saturated carbocycles. The summed E-state index contributed by atoms with van der Waals surface area (Å²) < 4.78 is 5.24. The Morgan fingerprint density at radius 2 is 2.29 bits per heavy atom. The number of hydrogen-bond donors (Lipinski definition) is 2. The molecule has 1 atom stereocenters. The lowest BCUT2D eigenvalue weighted by atomic mass is 10.1. The predicted octanol–water partition coefficient (Wildman–Crippen LogP) is 1.96. The second-order valence-electron chi connectivity index (χ2n) is 5.29. The molecule has 1 amide bonds. The number of aliphatic hydroxyl groups is 1. The van der Waals surface area contributed by atoms with Crippen LogP contribution in [-0.2, 0) is 0 Å². The van der Waals surface area contributed by atoms with E-state index in [2.05, 4.69) is 17.2 Å². The zero-order valence-electron chi connectivity index (χ0n) is 12.5. The van der Waals surface area contributed by atoms with E-state index in [0.717, 1.165) is 0 Å². The molecule has 1 aliphatic rings. The molecule has 4 nitrogen and oxygen atoms in total. The molecule has 0 bridgehead atoms. The molecule has 0 spiro atoms. The minimum Gasteiger partial charge on any atom is -0.495 e. The maximum Gasteiger partial charge on any atom is 0.251 e. The van der Waals surface area contributed by atoms with Crippen molar-refractivity contribution in [1.82, 2.24) is 5.32 Å². The van der Waals surface area contributed by atoms with Crippen molar-refractivity contribution in [3.8, 4) is 17.6 Å². The number of hydrogen-bond acceptors (Lipinski definition) is 3. The largest absolute Gasteiger partial charge is 0.495 e. The van der Waals surface area contributed by atoms with E-state index in [0.29, 0.717) is 29.2 Å². The number of amides is 1. The first-order valence-corrected chi connectivity index (χ1v) is 7.24. The molecule has 1 unspecified atom stereocenters. The van der Waals surface area contributed by atoms with Crippen molar-refractivity contribution < 1.29 is 14.6 Å². The van der Waals surface area contributed by atoms with Crippen LogP contribution in [0.15, 0.2) is 18.2 Å². The number of aliphatic hydroxyl groups excluding tert-OH is 1. The van der Waals surface area contributed by atoms with Gasteiger partial charge >= 0.3 is 0 Å². The summed E-state index contributed by atoms with van der Waals surface area (Å²) >= 11 is 0. The lowest BCUT2D eigenvalue weighted by Crippen LogP contribution is -2.34. The fourth-order valence-corrected chi connectivity index (χ4v) is 2.16. The maximum absolute atomic E-state index is 12.2. The van der Waals surface area contributed by atoms with Gasteiger partial charge in [0, 0.05) is 18.0 Å². The zero-order valence-corrected chi connectivity index (χ0v) is 12.5. The summed E-state index contributed by atoms with van der Waals surface area (Å²) in [6.45, 7) is 2.06. The fraction of sp³-hybridized carbons (Fsp3) is 0.471. The average Bonchev–Trinajstić information content (AvgIpc) is 3.32. The number of rotatable bonds is 5. The second-order valence-corrected chi connectivity index (χ2v) is 5.29. The molecular weight excluding hydrogens is 266 g/mol. The molecule has 112 valence electrons. The van der Waals surface area contributed by atoms with E-state index in [-0.39, 0.29) is 18.6 Å². The second kappa shape index (κ2) is 7.14.